The van der Waals surface area contributed by atoms with E-state index in [4.69, 9.17) is 5.11 Å². The van der Waals surface area contributed by atoms with Gasteiger partial charge in [-0.1, -0.05) is 12.8 Å². The van der Waals surface area contributed by atoms with Crippen molar-refractivity contribution in [3.05, 3.63) is 29.8 Å². The third kappa shape index (κ3) is 3.74. The smallest absolute Gasteiger partial charge is 0.323 e. The highest BCUT2D eigenvalue weighted by atomic mass is 16.4. The number of amides is 1. The molecule has 5 heteroatoms. The molecule has 0 spiro atoms. The number of hydrogen-bond donors (Lipinski definition) is 1. The van der Waals surface area contributed by atoms with E-state index < -0.39 is 5.97 Å². The average Bonchev–Trinajstić information content (AvgIpc) is 2.98. The second kappa shape index (κ2) is 6.61. The number of rotatable bonds is 5. The van der Waals surface area contributed by atoms with Gasteiger partial charge >= 0.3 is 5.97 Å². The Morgan fingerprint density at radius 1 is 1.14 bits per heavy atom. The summed E-state index contributed by atoms with van der Waals surface area (Å²) in [5, 5.41) is 9.06. The normalized spacial score (nSPS) is 15.0. The van der Waals surface area contributed by atoms with Gasteiger partial charge in [-0.3, -0.25) is 9.59 Å². The van der Waals surface area contributed by atoms with E-state index >= 15 is 0 Å². The Labute approximate surface area is 125 Å². The number of aliphatic carboxylic acids is 1. The summed E-state index contributed by atoms with van der Waals surface area (Å²) in [6.07, 6.45) is 3.92. The van der Waals surface area contributed by atoms with Crippen LogP contribution in [-0.4, -0.2) is 48.6 Å². The van der Waals surface area contributed by atoms with Crippen LogP contribution in [0.4, 0.5) is 5.69 Å². The van der Waals surface area contributed by atoms with Crippen LogP contribution in [0.25, 0.3) is 0 Å². The van der Waals surface area contributed by atoms with Crippen molar-refractivity contribution in [1.29, 1.82) is 0 Å². The third-order valence-corrected chi connectivity index (χ3v) is 3.96. The summed E-state index contributed by atoms with van der Waals surface area (Å²) >= 11 is 0. The Morgan fingerprint density at radius 3 is 2.19 bits per heavy atom. The molecular weight excluding hydrogens is 268 g/mol. The number of carboxylic acids is 1. The molecule has 0 radical (unpaired) electrons. The van der Waals surface area contributed by atoms with Crippen LogP contribution in [0.5, 0.6) is 0 Å². The maximum absolute atomic E-state index is 12.6. The Kier molecular flexibility index (Phi) is 4.83. The van der Waals surface area contributed by atoms with Gasteiger partial charge in [-0.05, 0) is 37.1 Å². The Bertz CT molecular complexity index is 505. The molecule has 21 heavy (non-hydrogen) atoms. The highest BCUT2D eigenvalue weighted by Gasteiger charge is 2.28. The molecular formula is C16H22N2O3. The van der Waals surface area contributed by atoms with Crippen LogP contribution >= 0.6 is 0 Å². The molecule has 0 unspecified atom stereocenters. The number of anilines is 1. The van der Waals surface area contributed by atoms with E-state index in [-0.39, 0.29) is 18.5 Å². The van der Waals surface area contributed by atoms with Crippen molar-refractivity contribution >= 4 is 17.6 Å². The fourth-order valence-corrected chi connectivity index (χ4v) is 2.80. The van der Waals surface area contributed by atoms with E-state index in [1.54, 1.807) is 12.1 Å². The molecule has 1 amide bonds. The Balaban J connectivity index is 2.18. The maximum Gasteiger partial charge on any atom is 0.323 e. The zero-order valence-corrected chi connectivity index (χ0v) is 12.6. The largest absolute Gasteiger partial charge is 0.480 e. The molecule has 1 aliphatic carbocycles. The average molecular weight is 290 g/mol. The second-order valence-corrected chi connectivity index (χ2v) is 5.71. The van der Waals surface area contributed by atoms with Gasteiger partial charge in [0.2, 0.25) is 0 Å². The number of carbonyl (C=O) groups excluding carboxylic acids is 1. The molecule has 1 N–H and O–H groups in total. The van der Waals surface area contributed by atoms with E-state index in [0.717, 1.165) is 31.4 Å². The highest BCUT2D eigenvalue weighted by Crippen LogP contribution is 2.25. The van der Waals surface area contributed by atoms with Crippen LogP contribution in [0.1, 0.15) is 36.0 Å². The summed E-state index contributed by atoms with van der Waals surface area (Å²) in [5.74, 6) is -1.14. The molecule has 0 aliphatic heterocycles. The van der Waals surface area contributed by atoms with Gasteiger partial charge in [0.1, 0.15) is 6.54 Å². The second-order valence-electron chi connectivity index (χ2n) is 5.71. The van der Waals surface area contributed by atoms with Gasteiger partial charge < -0.3 is 14.9 Å². The molecule has 114 valence electrons. The van der Waals surface area contributed by atoms with E-state index in [1.165, 1.54) is 4.90 Å². The zero-order chi connectivity index (χ0) is 15.4. The number of nitrogens with zero attached hydrogens (tertiary/aromatic N) is 2. The molecule has 1 fully saturated rings. The van der Waals surface area contributed by atoms with Crippen LogP contribution in [0.2, 0.25) is 0 Å². The predicted molar refractivity (Wildman–Crippen MR) is 81.7 cm³/mol. The van der Waals surface area contributed by atoms with Gasteiger partial charge in [0.15, 0.2) is 0 Å². The van der Waals surface area contributed by atoms with Crippen LogP contribution in [0.3, 0.4) is 0 Å². The van der Waals surface area contributed by atoms with Crippen molar-refractivity contribution < 1.29 is 14.7 Å². The van der Waals surface area contributed by atoms with Crippen LogP contribution in [0.15, 0.2) is 24.3 Å². The monoisotopic (exact) mass is 290 g/mol. The molecule has 0 heterocycles. The van der Waals surface area contributed by atoms with E-state index in [1.807, 2.05) is 31.1 Å². The lowest BCUT2D eigenvalue weighted by Gasteiger charge is -2.27. The SMILES string of the molecule is CN(C)c1ccc(C(=O)N(CC(=O)O)C2CCCC2)cc1. The van der Waals surface area contributed by atoms with Crippen LogP contribution in [0, 0.1) is 0 Å². The lowest BCUT2D eigenvalue weighted by molar-refractivity contribution is -0.138. The van der Waals surface area contributed by atoms with E-state index in [0.29, 0.717) is 5.56 Å². The summed E-state index contributed by atoms with van der Waals surface area (Å²) in [4.78, 5) is 27.1. The summed E-state index contributed by atoms with van der Waals surface area (Å²) in [6, 6.07) is 7.34. The molecule has 1 aliphatic rings. The first-order valence-electron chi connectivity index (χ1n) is 7.29. The van der Waals surface area contributed by atoms with Gasteiger partial charge in [-0.15, -0.1) is 0 Å². The predicted octanol–water partition coefficient (Wildman–Crippen LogP) is 2.22. The molecule has 1 aromatic carbocycles. The summed E-state index contributed by atoms with van der Waals surface area (Å²) in [6.45, 7) is -0.223. The number of carboxylic acid groups (broad SMARTS) is 1. The van der Waals surface area contributed by atoms with Crippen molar-refractivity contribution in [3.8, 4) is 0 Å². The Morgan fingerprint density at radius 2 is 1.71 bits per heavy atom. The molecule has 0 atom stereocenters. The molecule has 1 saturated carbocycles. The number of carbonyl (C=O) groups is 2. The third-order valence-electron chi connectivity index (χ3n) is 3.96. The fraction of sp³-hybridized carbons (Fsp3) is 0.500. The molecule has 0 saturated heterocycles. The quantitative estimate of drug-likeness (QED) is 0.903. The van der Waals surface area contributed by atoms with Crippen LogP contribution < -0.4 is 4.90 Å². The number of benzene rings is 1. The van der Waals surface area contributed by atoms with Crippen molar-refractivity contribution in [2.24, 2.45) is 0 Å². The fourth-order valence-electron chi connectivity index (χ4n) is 2.80. The van der Waals surface area contributed by atoms with Crippen molar-refractivity contribution in [2.75, 3.05) is 25.5 Å². The van der Waals surface area contributed by atoms with Gasteiger partial charge in [0.05, 0.1) is 0 Å². The molecule has 0 aromatic heterocycles. The lowest BCUT2D eigenvalue weighted by Crippen LogP contribution is -2.42. The molecule has 2 rings (SSSR count). The minimum Gasteiger partial charge on any atom is -0.480 e. The minimum atomic E-state index is -0.958. The molecule has 0 bridgehead atoms. The summed E-state index contributed by atoms with van der Waals surface area (Å²) < 4.78 is 0. The summed E-state index contributed by atoms with van der Waals surface area (Å²) in [7, 11) is 3.87. The van der Waals surface area contributed by atoms with Crippen molar-refractivity contribution in [1.82, 2.24) is 4.90 Å². The molecule has 1 aromatic rings. The minimum absolute atomic E-state index is 0.0575. The van der Waals surface area contributed by atoms with Crippen LogP contribution in [-0.2, 0) is 4.79 Å². The van der Waals surface area contributed by atoms with Gasteiger partial charge in [0, 0.05) is 31.4 Å². The van der Waals surface area contributed by atoms with Crippen molar-refractivity contribution in [3.63, 3.8) is 0 Å². The van der Waals surface area contributed by atoms with E-state index in [2.05, 4.69) is 0 Å². The zero-order valence-electron chi connectivity index (χ0n) is 12.6. The summed E-state index contributed by atoms with van der Waals surface area (Å²) in [5.41, 5.74) is 1.56. The topological polar surface area (TPSA) is 60.9 Å². The maximum atomic E-state index is 12.6. The molecule has 5 nitrogen and oxygen atoms in total. The van der Waals surface area contributed by atoms with Gasteiger partial charge in [-0.2, -0.15) is 0 Å². The van der Waals surface area contributed by atoms with Gasteiger partial charge in [0.25, 0.3) is 5.91 Å². The lowest BCUT2D eigenvalue weighted by atomic mass is 10.1. The Hall–Kier alpha value is -2.04. The standard InChI is InChI=1S/C16H22N2O3/c1-17(2)13-9-7-12(8-10-13)16(21)18(11-15(19)20)14-5-3-4-6-14/h7-10,14H,3-6,11H2,1-2H3,(H,19,20). The highest BCUT2D eigenvalue weighted by molar-refractivity contribution is 5.96. The number of hydrogen-bond acceptors (Lipinski definition) is 3. The first-order valence-corrected chi connectivity index (χ1v) is 7.29. The van der Waals surface area contributed by atoms with Gasteiger partial charge in [-0.25, -0.2) is 0 Å². The first-order chi connectivity index (χ1) is 9.99. The first kappa shape index (κ1) is 15.4. The van der Waals surface area contributed by atoms with Crippen molar-refractivity contribution in [2.45, 2.75) is 31.7 Å². The van der Waals surface area contributed by atoms with E-state index in [9.17, 15) is 9.59 Å².